The maximum atomic E-state index is 14.0. The average Bonchev–Trinajstić information content (AvgIpc) is 2.42. The zero-order valence-electron chi connectivity index (χ0n) is 11.6. The van der Waals surface area contributed by atoms with Crippen molar-refractivity contribution in [2.24, 2.45) is 5.92 Å². The maximum Gasteiger partial charge on any atom is 0.137 e. The Balaban J connectivity index is 1.99. The minimum Gasteiger partial charge on any atom is -0.312 e. The Hall–Kier alpha value is -1.46. The highest BCUT2D eigenvalue weighted by Gasteiger charge is 2.06. The summed E-state index contributed by atoms with van der Waals surface area (Å²) >= 11 is 1.31. The predicted molar refractivity (Wildman–Crippen MR) is 79.1 cm³/mol. The van der Waals surface area contributed by atoms with Crippen LogP contribution in [0.15, 0.2) is 46.7 Å². The molecule has 1 aromatic carbocycles. The Bertz CT molecular complexity index is 546. The second-order valence-electron chi connectivity index (χ2n) is 4.94. The van der Waals surface area contributed by atoms with Crippen LogP contribution >= 0.6 is 11.8 Å². The van der Waals surface area contributed by atoms with Crippen molar-refractivity contribution >= 4 is 11.8 Å². The van der Waals surface area contributed by atoms with Crippen LogP contribution in [0, 0.1) is 11.7 Å². The van der Waals surface area contributed by atoms with E-state index >= 15 is 0 Å². The van der Waals surface area contributed by atoms with Crippen LogP contribution in [0.1, 0.15) is 19.4 Å². The van der Waals surface area contributed by atoms with Gasteiger partial charge in [0.15, 0.2) is 0 Å². The minimum atomic E-state index is -0.211. The first kappa shape index (κ1) is 14.9. The first-order valence-electron chi connectivity index (χ1n) is 6.58. The van der Waals surface area contributed by atoms with Gasteiger partial charge in [-0.2, -0.15) is 0 Å². The van der Waals surface area contributed by atoms with Gasteiger partial charge >= 0.3 is 0 Å². The number of halogens is 1. The van der Waals surface area contributed by atoms with E-state index in [1.165, 1.54) is 18.1 Å². The van der Waals surface area contributed by atoms with Crippen LogP contribution < -0.4 is 5.32 Å². The van der Waals surface area contributed by atoms with E-state index in [4.69, 9.17) is 0 Å². The lowest BCUT2D eigenvalue weighted by atomic mass is 10.2. The summed E-state index contributed by atoms with van der Waals surface area (Å²) < 4.78 is 14.0. The van der Waals surface area contributed by atoms with E-state index in [1.807, 2.05) is 6.07 Å². The fraction of sp³-hybridized carbons (Fsp3) is 0.333. The van der Waals surface area contributed by atoms with Crippen molar-refractivity contribution in [3.8, 4) is 0 Å². The number of nitrogens with one attached hydrogen (secondary N) is 1. The Labute approximate surface area is 123 Å². The van der Waals surface area contributed by atoms with Crippen LogP contribution in [0.4, 0.5) is 4.39 Å². The second kappa shape index (κ2) is 7.36. The number of hydrogen-bond acceptors (Lipinski definition) is 4. The molecule has 1 aromatic heterocycles. The second-order valence-corrected chi connectivity index (χ2v) is 6.00. The Morgan fingerprint density at radius 2 is 2.15 bits per heavy atom. The molecular formula is C15H18FN3S. The number of rotatable bonds is 6. The van der Waals surface area contributed by atoms with Crippen LogP contribution in [-0.4, -0.2) is 16.5 Å². The molecule has 3 nitrogen and oxygen atoms in total. The lowest BCUT2D eigenvalue weighted by Gasteiger charge is -2.09. The fourth-order valence-corrected chi connectivity index (χ4v) is 2.44. The van der Waals surface area contributed by atoms with E-state index in [-0.39, 0.29) is 5.82 Å². The van der Waals surface area contributed by atoms with Gasteiger partial charge in [0, 0.05) is 17.6 Å². The van der Waals surface area contributed by atoms with Gasteiger partial charge in [-0.1, -0.05) is 31.7 Å². The van der Waals surface area contributed by atoms with Crippen molar-refractivity contribution < 1.29 is 4.39 Å². The summed E-state index contributed by atoms with van der Waals surface area (Å²) in [5, 5.41) is 4.04. The van der Waals surface area contributed by atoms with Gasteiger partial charge in [0.05, 0.1) is 0 Å². The van der Waals surface area contributed by atoms with Gasteiger partial charge in [-0.05, 0) is 36.2 Å². The molecular weight excluding hydrogens is 273 g/mol. The van der Waals surface area contributed by atoms with E-state index < -0.39 is 0 Å². The molecule has 0 aliphatic rings. The van der Waals surface area contributed by atoms with Crippen LogP contribution in [0.2, 0.25) is 0 Å². The summed E-state index contributed by atoms with van der Waals surface area (Å²) in [5.41, 5.74) is 0.954. The van der Waals surface area contributed by atoms with Crippen molar-refractivity contribution in [3.63, 3.8) is 0 Å². The molecule has 0 aliphatic heterocycles. The quantitative estimate of drug-likeness (QED) is 0.827. The zero-order chi connectivity index (χ0) is 14.4. The molecule has 2 aromatic rings. The summed E-state index contributed by atoms with van der Waals surface area (Å²) in [7, 11) is 0. The van der Waals surface area contributed by atoms with Crippen LogP contribution in [0.5, 0.6) is 0 Å². The molecule has 0 atom stereocenters. The molecule has 5 heteroatoms. The van der Waals surface area contributed by atoms with Gasteiger partial charge in [0.1, 0.15) is 17.2 Å². The smallest absolute Gasteiger partial charge is 0.137 e. The van der Waals surface area contributed by atoms with Gasteiger partial charge in [0.25, 0.3) is 0 Å². The highest BCUT2D eigenvalue weighted by molar-refractivity contribution is 7.99. The molecule has 0 fully saturated rings. The molecule has 106 valence electrons. The summed E-state index contributed by atoms with van der Waals surface area (Å²) in [6.45, 7) is 5.91. The largest absolute Gasteiger partial charge is 0.312 e. The monoisotopic (exact) mass is 291 g/mol. The molecule has 0 radical (unpaired) electrons. The molecule has 0 amide bonds. The van der Waals surface area contributed by atoms with Gasteiger partial charge in [0.2, 0.25) is 0 Å². The minimum absolute atomic E-state index is 0.211. The molecule has 1 heterocycles. The SMILES string of the molecule is CC(C)CNCc1ccc(Sc2ccncn2)c(F)c1. The van der Waals surface area contributed by atoms with Gasteiger partial charge in [-0.15, -0.1) is 0 Å². The summed E-state index contributed by atoms with van der Waals surface area (Å²) in [5.74, 6) is 0.380. The third-order valence-electron chi connectivity index (χ3n) is 2.65. The first-order chi connectivity index (χ1) is 9.65. The molecule has 20 heavy (non-hydrogen) atoms. The van der Waals surface area contributed by atoms with Gasteiger partial charge in [-0.3, -0.25) is 0 Å². The van der Waals surface area contributed by atoms with Gasteiger partial charge < -0.3 is 5.32 Å². The van der Waals surface area contributed by atoms with Crippen LogP contribution in [0.3, 0.4) is 0 Å². The molecule has 2 rings (SSSR count). The highest BCUT2D eigenvalue weighted by Crippen LogP contribution is 2.28. The highest BCUT2D eigenvalue weighted by atomic mass is 32.2. The zero-order valence-corrected chi connectivity index (χ0v) is 12.5. The normalized spacial score (nSPS) is 11.0. The molecule has 0 saturated heterocycles. The molecule has 0 aliphatic carbocycles. The van der Waals surface area contributed by atoms with E-state index in [0.717, 1.165) is 17.1 Å². The molecule has 0 unspecified atom stereocenters. The Morgan fingerprint density at radius 1 is 1.30 bits per heavy atom. The summed E-state index contributed by atoms with van der Waals surface area (Å²) in [4.78, 5) is 8.50. The van der Waals surface area contributed by atoms with E-state index in [0.29, 0.717) is 17.4 Å². The molecule has 0 saturated carbocycles. The number of benzene rings is 1. The third-order valence-corrected chi connectivity index (χ3v) is 3.65. The number of aromatic nitrogens is 2. The summed E-state index contributed by atoms with van der Waals surface area (Å²) in [6.07, 6.45) is 3.11. The Kier molecular flexibility index (Phi) is 5.49. The van der Waals surface area contributed by atoms with E-state index in [9.17, 15) is 4.39 Å². The van der Waals surface area contributed by atoms with E-state index in [1.54, 1.807) is 24.4 Å². The number of nitrogens with zero attached hydrogens (tertiary/aromatic N) is 2. The van der Waals surface area contributed by atoms with E-state index in [2.05, 4.69) is 29.1 Å². The first-order valence-corrected chi connectivity index (χ1v) is 7.40. The fourth-order valence-electron chi connectivity index (χ4n) is 1.69. The molecule has 0 bridgehead atoms. The summed E-state index contributed by atoms with van der Waals surface area (Å²) in [6, 6.07) is 7.09. The van der Waals surface area contributed by atoms with Crippen molar-refractivity contribution in [3.05, 3.63) is 48.2 Å². The predicted octanol–water partition coefficient (Wildman–Crippen LogP) is 3.51. The lowest BCUT2D eigenvalue weighted by molar-refractivity contribution is 0.548. The van der Waals surface area contributed by atoms with Crippen LogP contribution in [-0.2, 0) is 6.54 Å². The topological polar surface area (TPSA) is 37.8 Å². The van der Waals surface area contributed by atoms with Crippen molar-refractivity contribution in [1.82, 2.24) is 15.3 Å². The molecule has 0 spiro atoms. The lowest BCUT2D eigenvalue weighted by Crippen LogP contribution is -2.18. The maximum absolute atomic E-state index is 14.0. The third kappa shape index (κ3) is 4.58. The molecule has 1 N–H and O–H groups in total. The Morgan fingerprint density at radius 3 is 2.80 bits per heavy atom. The van der Waals surface area contributed by atoms with Crippen molar-refractivity contribution in [2.45, 2.75) is 30.3 Å². The van der Waals surface area contributed by atoms with Crippen molar-refractivity contribution in [2.75, 3.05) is 6.54 Å². The average molecular weight is 291 g/mol. The standard InChI is InChI=1S/C15H18FN3S/c1-11(2)8-18-9-12-3-4-14(13(16)7-12)20-15-5-6-17-10-19-15/h3-7,10-11,18H,8-9H2,1-2H3. The van der Waals surface area contributed by atoms with Crippen LogP contribution in [0.25, 0.3) is 0 Å². The number of hydrogen-bond donors (Lipinski definition) is 1. The van der Waals surface area contributed by atoms with Gasteiger partial charge in [-0.25, -0.2) is 14.4 Å². The van der Waals surface area contributed by atoms with Crippen molar-refractivity contribution in [1.29, 1.82) is 0 Å².